The van der Waals surface area contributed by atoms with Gasteiger partial charge in [0.05, 0.1) is 36.7 Å². The lowest BCUT2D eigenvalue weighted by Crippen LogP contribution is -2.10. The molecule has 0 aliphatic heterocycles. The van der Waals surface area contributed by atoms with E-state index in [2.05, 4.69) is 9.55 Å². The van der Waals surface area contributed by atoms with E-state index in [1.165, 1.54) is 19.1 Å². The first kappa shape index (κ1) is 31.6. The average Bonchev–Trinajstić information content (AvgIpc) is 3.65. The summed E-state index contributed by atoms with van der Waals surface area (Å²) < 4.78 is 41.4. The van der Waals surface area contributed by atoms with Gasteiger partial charge in [-0.25, -0.2) is 9.59 Å². The van der Waals surface area contributed by atoms with Gasteiger partial charge < -0.3 is 19.0 Å². The Balaban J connectivity index is 1.49. The van der Waals surface area contributed by atoms with Crippen LogP contribution in [0.4, 0.5) is 0 Å². The molecule has 0 spiro atoms. The summed E-state index contributed by atoms with van der Waals surface area (Å²) in [7, 11) is -2.23. The lowest BCUT2D eigenvalue weighted by molar-refractivity contribution is 0.0466. The number of carbonyl (C=O) groups excluding carboxylic acids is 2. The number of benzene rings is 3. The zero-order valence-corrected chi connectivity index (χ0v) is 26.9. The van der Waals surface area contributed by atoms with Gasteiger partial charge in [0, 0.05) is 28.4 Å². The van der Waals surface area contributed by atoms with Crippen LogP contribution in [0.1, 0.15) is 76.4 Å². The second-order valence-electron chi connectivity index (χ2n) is 11.9. The molecule has 9 nitrogen and oxygen atoms in total. The highest BCUT2D eigenvalue weighted by Gasteiger charge is 2.28. The third kappa shape index (κ3) is 6.73. The maximum atomic E-state index is 13.2. The predicted octanol–water partition coefficient (Wildman–Crippen LogP) is 7.35. The van der Waals surface area contributed by atoms with Crippen molar-refractivity contribution in [1.82, 2.24) is 9.55 Å². The van der Waals surface area contributed by atoms with Gasteiger partial charge in [-0.1, -0.05) is 73.9 Å². The van der Waals surface area contributed by atoms with Crippen molar-refractivity contribution in [3.63, 3.8) is 0 Å². The standard InChI is InChI=1S/C36H38N2O7S/c1-43-35(39)27-17-18-28-31(22-27)38(19-10-20-45-46(2,41)42)34(32(28)25-13-7-4-8-14-25)29-16-9-15-26-21-30(37-33(26)29)36(40)44-23-24-11-5-3-6-12-24/h3,5-6,9,11-12,15-18,21-22,25,37H,4,7-8,10,13-14,19-20,23H2,1-2H3. The Kier molecular flexibility index (Phi) is 9.28. The van der Waals surface area contributed by atoms with Gasteiger partial charge in [0.1, 0.15) is 12.3 Å². The molecule has 0 amide bonds. The molecule has 3 aromatic carbocycles. The summed E-state index contributed by atoms with van der Waals surface area (Å²) in [4.78, 5) is 29.2. The Morgan fingerprint density at radius 1 is 0.935 bits per heavy atom. The number of ether oxygens (including phenoxy) is 2. The number of methoxy groups -OCH3 is 1. The van der Waals surface area contributed by atoms with Crippen molar-refractivity contribution in [1.29, 1.82) is 0 Å². The lowest BCUT2D eigenvalue weighted by atomic mass is 9.81. The molecule has 240 valence electrons. The summed E-state index contributed by atoms with van der Waals surface area (Å²) >= 11 is 0. The SMILES string of the molecule is COC(=O)c1ccc2c(C3CCCCC3)c(-c3cccc4cc(C(=O)OCc5ccccc5)[nH]c34)n(CCCOS(C)(=O)=O)c2c1. The van der Waals surface area contributed by atoms with Gasteiger partial charge in [0.2, 0.25) is 0 Å². The molecule has 0 unspecified atom stereocenters. The van der Waals surface area contributed by atoms with Crippen molar-refractivity contribution in [2.45, 2.75) is 57.6 Å². The van der Waals surface area contributed by atoms with Gasteiger partial charge in [-0.3, -0.25) is 4.18 Å². The number of carbonyl (C=O) groups is 2. The fourth-order valence-electron chi connectivity index (χ4n) is 6.65. The number of nitrogens with zero attached hydrogens (tertiary/aromatic N) is 1. The number of esters is 2. The molecule has 1 fully saturated rings. The van der Waals surface area contributed by atoms with Crippen LogP contribution in [-0.2, 0) is 36.9 Å². The van der Waals surface area contributed by atoms with Crippen LogP contribution in [0.2, 0.25) is 0 Å². The normalized spacial score (nSPS) is 14.1. The van der Waals surface area contributed by atoms with E-state index in [1.807, 2.05) is 66.7 Å². The molecule has 0 radical (unpaired) electrons. The average molecular weight is 643 g/mol. The second kappa shape index (κ2) is 13.5. The summed E-state index contributed by atoms with van der Waals surface area (Å²) in [5.74, 6) is -0.579. The van der Waals surface area contributed by atoms with E-state index in [0.717, 1.165) is 70.6 Å². The smallest absolute Gasteiger partial charge is 0.355 e. The van der Waals surface area contributed by atoms with Crippen molar-refractivity contribution in [3.05, 3.63) is 95.2 Å². The zero-order chi connectivity index (χ0) is 32.3. The van der Waals surface area contributed by atoms with Crippen LogP contribution in [0.15, 0.2) is 72.8 Å². The monoisotopic (exact) mass is 642 g/mol. The van der Waals surface area contributed by atoms with Gasteiger partial charge in [0.25, 0.3) is 10.1 Å². The minimum Gasteiger partial charge on any atom is -0.465 e. The van der Waals surface area contributed by atoms with Gasteiger partial charge in [-0.15, -0.1) is 0 Å². The van der Waals surface area contributed by atoms with Crippen LogP contribution < -0.4 is 0 Å². The third-order valence-electron chi connectivity index (χ3n) is 8.71. The Labute approximate surface area is 268 Å². The highest BCUT2D eigenvalue weighted by Crippen LogP contribution is 2.46. The number of fused-ring (bicyclic) bond motifs is 2. The Bertz CT molecular complexity index is 1990. The Morgan fingerprint density at radius 3 is 2.46 bits per heavy atom. The van der Waals surface area contributed by atoms with E-state index in [-0.39, 0.29) is 13.2 Å². The number of hydrogen-bond donors (Lipinski definition) is 1. The summed E-state index contributed by atoms with van der Waals surface area (Å²) in [6, 6.07) is 23.0. The van der Waals surface area contributed by atoms with E-state index in [9.17, 15) is 18.0 Å². The van der Waals surface area contributed by atoms with Gasteiger partial charge >= 0.3 is 11.9 Å². The maximum absolute atomic E-state index is 13.2. The minimum absolute atomic E-state index is 0.0253. The molecule has 1 aliphatic rings. The molecule has 1 aliphatic carbocycles. The van der Waals surface area contributed by atoms with Gasteiger partial charge in [-0.2, -0.15) is 8.42 Å². The molecule has 0 saturated heterocycles. The molecule has 1 saturated carbocycles. The zero-order valence-electron chi connectivity index (χ0n) is 26.1. The maximum Gasteiger partial charge on any atom is 0.355 e. The molecule has 46 heavy (non-hydrogen) atoms. The predicted molar refractivity (Wildman–Crippen MR) is 177 cm³/mol. The Morgan fingerprint density at radius 2 is 1.72 bits per heavy atom. The van der Waals surface area contributed by atoms with Crippen molar-refractivity contribution in [3.8, 4) is 11.3 Å². The van der Waals surface area contributed by atoms with Crippen LogP contribution in [0.25, 0.3) is 33.1 Å². The van der Waals surface area contributed by atoms with Crippen molar-refractivity contribution < 1.29 is 31.7 Å². The lowest BCUT2D eigenvalue weighted by Gasteiger charge is -2.24. The number of aromatic amines is 1. The van der Waals surface area contributed by atoms with E-state index in [1.54, 1.807) is 6.07 Å². The largest absolute Gasteiger partial charge is 0.465 e. The number of nitrogens with one attached hydrogen (secondary N) is 1. The van der Waals surface area contributed by atoms with Crippen LogP contribution in [0, 0.1) is 0 Å². The summed E-state index contributed by atoms with van der Waals surface area (Å²) in [6.45, 7) is 0.638. The topological polar surface area (TPSA) is 117 Å². The van der Waals surface area contributed by atoms with Crippen molar-refractivity contribution in [2.75, 3.05) is 20.0 Å². The molecule has 2 heterocycles. The third-order valence-corrected chi connectivity index (χ3v) is 9.30. The van der Waals surface area contributed by atoms with E-state index in [0.29, 0.717) is 30.1 Å². The highest BCUT2D eigenvalue weighted by atomic mass is 32.2. The van der Waals surface area contributed by atoms with Crippen LogP contribution in [-0.4, -0.2) is 49.9 Å². The molecular weight excluding hydrogens is 604 g/mol. The fourth-order valence-corrected chi connectivity index (χ4v) is 7.07. The first-order valence-corrected chi connectivity index (χ1v) is 17.5. The van der Waals surface area contributed by atoms with E-state index in [4.69, 9.17) is 13.7 Å². The quantitative estimate of drug-likeness (QED) is 0.0910. The molecule has 0 atom stereocenters. The molecular formula is C36H38N2O7S. The van der Waals surface area contributed by atoms with E-state index < -0.39 is 22.1 Å². The first-order valence-electron chi connectivity index (χ1n) is 15.7. The number of aromatic nitrogens is 2. The number of H-pyrrole nitrogens is 1. The molecule has 5 aromatic rings. The van der Waals surface area contributed by atoms with Crippen LogP contribution >= 0.6 is 0 Å². The molecule has 1 N–H and O–H groups in total. The Hall–Kier alpha value is -4.41. The van der Waals surface area contributed by atoms with Crippen molar-refractivity contribution >= 4 is 43.9 Å². The number of rotatable bonds is 11. The van der Waals surface area contributed by atoms with Crippen LogP contribution in [0.5, 0.6) is 0 Å². The molecule has 2 aromatic heterocycles. The molecule has 10 heteroatoms. The second-order valence-corrected chi connectivity index (χ2v) is 13.5. The molecule has 0 bridgehead atoms. The summed E-state index contributed by atoms with van der Waals surface area (Å²) in [6.07, 6.45) is 7.00. The van der Waals surface area contributed by atoms with Crippen molar-refractivity contribution in [2.24, 2.45) is 0 Å². The van der Waals surface area contributed by atoms with Gasteiger partial charge in [0.15, 0.2) is 0 Å². The minimum atomic E-state index is -3.59. The highest BCUT2D eigenvalue weighted by molar-refractivity contribution is 7.85. The first-order chi connectivity index (χ1) is 22.2. The van der Waals surface area contributed by atoms with Crippen LogP contribution in [0.3, 0.4) is 0 Å². The van der Waals surface area contributed by atoms with E-state index >= 15 is 0 Å². The number of para-hydroxylation sites is 1. The molecule has 6 rings (SSSR count). The van der Waals surface area contributed by atoms with Gasteiger partial charge in [-0.05, 0) is 54.5 Å². The summed E-state index contributed by atoms with van der Waals surface area (Å²) in [5.41, 5.74) is 6.46. The number of aryl methyl sites for hydroxylation is 1. The summed E-state index contributed by atoms with van der Waals surface area (Å²) in [5, 5.41) is 1.91. The number of hydrogen-bond acceptors (Lipinski definition) is 7. The fraction of sp³-hybridized carbons (Fsp3) is 0.333.